The van der Waals surface area contributed by atoms with Crippen molar-refractivity contribution < 1.29 is 0 Å². The Morgan fingerprint density at radius 3 is 3.00 bits per heavy atom. The van der Waals surface area contributed by atoms with Gasteiger partial charge < -0.3 is 14.8 Å². The van der Waals surface area contributed by atoms with Gasteiger partial charge in [0.15, 0.2) is 6.19 Å². The standard InChI is InChI=1S/C20H21ClN8/c1-13-9-23-18-17(13)19(26-12-25-18)28-6-7-29(14(2)10-28)20(24-11-22)27-16-5-3-4-15(21)8-16/h3-5,8-9,12,14H,6-7,10H2,1-2H3,(H,24,27)(H,23,25,26)/t14-/m0/s1. The fraction of sp³-hybridized carbons (Fsp3) is 0.300. The monoisotopic (exact) mass is 408 g/mol. The van der Waals surface area contributed by atoms with Crippen molar-refractivity contribution in [3.63, 3.8) is 0 Å². The first kappa shape index (κ1) is 19.0. The van der Waals surface area contributed by atoms with Crippen LogP contribution in [0.15, 0.2) is 41.8 Å². The summed E-state index contributed by atoms with van der Waals surface area (Å²) in [4.78, 5) is 21.0. The maximum absolute atomic E-state index is 9.22. The lowest BCUT2D eigenvalue weighted by molar-refractivity contribution is 0.291. The first-order valence-electron chi connectivity index (χ1n) is 9.36. The third kappa shape index (κ3) is 3.82. The number of H-pyrrole nitrogens is 1. The molecule has 1 aromatic carbocycles. The molecule has 9 heteroatoms. The Balaban J connectivity index is 1.59. The van der Waals surface area contributed by atoms with Crippen LogP contribution in [0.3, 0.4) is 0 Å². The number of fused-ring (bicyclic) bond motifs is 1. The number of aromatic nitrogens is 3. The van der Waals surface area contributed by atoms with E-state index in [0.717, 1.165) is 35.5 Å². The second kappa shape index (κ2) is 7.97. The number of rotatable bonds is 2. The van der Waals surface area contributed by atoms with E-state index in [1.54, 1.807) is 18.5 Å². The number of nitrogens with one attached hydrogen (secondary N) is 2. The summed E-state index contributed by atoms with van der Waals surface area (Å²) >= 11 is 6.07. The smallest absolute Gasteiger partial charge is 0.212 e. The molecule has 4 rings (SSSR count). The molecule has 8 nitrogen and oxygen atoms in total. The van der Waals surface area contributed by atoms with Crippen molar-refractivity contribution in [2.24, 2.45) is 4.99 Å². The lowest BCUT2D eigenvalue weighted by Crippen LogP contribution is -2.56. The van der Waals surface area contributed by atoms with E-state index < -0.39 is 0 Å². The summed E-state index contributed by atoms with van der Waals surface area (Å²) in [5, 5.41) is 13.6. The highest BCUT2D eigenvalue weighted by Gasteiger charge is 2.28. The topological polar surface area (TPSA) is 96.2 Å². The molecule has 1 aliphatic rings. The molecule has 148 valence electrons. The molecule has 0 spiro atoms. The minimum Gasteiger partial charge on any atom is -0.352 e. The van der Waals surface area contributed by atoms with Gasteiger partial charge in [-0.25, -0.2) is 15.0 Å². The van der Waals surface area contributed by atoms with Gasteiger partial charge in [0.25, 0.3) is 0 Å². The summed E-state index contributed by atoms with van der Waals surface area (Å²) in [6, 6.07) is 7.38. The van der Waals surface area contributed by atoms with Crippen LogP contribution < -0.4 is 10.2 Å². The van der Waals surface area contributed by atoms with Crippen LogP contribution in [0.4, 0.5) is 11.5 Å². The number of hydrogen-bond donors (Lipinski definition) is 2. The number of benzene rings is 1. The van der Waals surface area contributed by atoms with Gasteiger partial charge in [-0.3, -0.25) is 5.32 Å². The van der Waals surface area contributed by atoms with Crippen LogP contribution >= 0.6 is 11.6 Å². The molecule has 0 saturated carbocycles. The second-order valence-corrected chi connectivity index (χ2v) is 7.47. The lowest BCUT2D eigenvalue weighted by Gasteiger charge is -2.41. The van der Waals surface area contributed by atoms with E-state index in [-0.39, 0.29) is 6.04 Å². The third-order valence-corrected chi connectivity index (χ3v) is 5.29. The number of aryl methyl sites for hydroxylation is 1. The van der Waals surface area contributed by atoms with E-state index in [2.05, 4.69) is 48.9 Å². The normalized spacial score (nSPS) is 17.4. The zero-order valence-electron chi connectivity index (χ0n) is 16.2. The summed E-state index contributed by atoms with van der Waals surface area (Å²) in [7, 11) is 0. The Labute approximate surface area is 173 Å². The number of aromatic amines is 1. The molecule has 0 unspecified atom stereocenters. The molecule has 29 heavy (non-hydrogen) atoms. The van der Waals surface area contributed by atoms with E-state index in [0.29, 0.717) is 23.2 Å². The number of hydrogen-bond acceptors (Lipinski definition) is 5. The number of halogens is 1. The van der Waals surface area contributed by atoms with Crippen molar-refractivity contribution in [1.29, 1.82) is 5.26 Å². The van der Waals surface area contributed by atoms with Crippen molar-refractivity contribution in [2.45, 2.75) is 19.9 Å². The quantitative estimate of drug-likeness (QED) is 0.292. The van der Waals surface area contributed by atoms with Gasteiger partial charge in [-0.05, 0) is 37.6 Å². The molecule has 0 aliphatic carbocycles. The second-order valence-electron chi connectivity index (χ2n) is 7.03. The molecular formula is C20H21ClN8. The minimum atomic E-state index is 0.117. The molecule has 3 heterocycles. The summed E-state index contributed by atoms with van der Waals surface area (Å²) < 4.78 is 0. The van der Waals surface area contributed by atoms with Crippen LogP contribution in [-0.2, 0) is 0 Å². The molecular weight excluding hydrogens is 388 g/mol. The van der Waals surface area contributed by atoms with Crippen molar-refractivity contribution in [3.8, 4) is 6.19 Å². The van der Waals surface area contributed by atoms with Gasteiger partial charge in [-0.2, -0.15) is 5.26 Å². The largest absolute Gasteiger partial charge is 0.352 e. The zero-order chi connectivity index (χ0) is 20.4. The van der Waals surface area contributed by atoms with E-state index in [9.17, 15) is 5.26 Å². The van der Waals surface area contributed by atoms with Crippen molar-refractivity contribution in [1.82, 2.24) is 25.2 Å². The van der Waals surface area contributed by atoms with E-state index in [4.69, 9.17) is 11.6 Å². The predicted octanol–water partition coefficient (Wildman–Crippen LogP) is 3.19. The average molecular weight is 409 g/mol. The molecule has 0 amide bonds. The van der Waals surface area contributed by atoms with Crippen LogP contribution in [0.5, 0.6) is 0 Å². The van der Waals surface area contributed by atoms with Crippen LogP contribution in [0.2, 0.25) is 5.02 Å². The summed E-state index contributed by atoms with van der Waals surface area (Å²) in [5.41, 5.74) is 2.67. The third-order valence-electron chi connectivity index (χ3n) is 5.06. The fourth-order valence-electron chi connectivity index (χ4n) is 3.68. The number of nitriles is 1. The number of nitrogens with zero attached hydrogens (tertiary/aromatic N) is 6. The maximum atomic E-state index is 9.22. The van der Waals surface area contributed by atoms with Gasteiger partial charge >= 0.3 is 0 Å². The van der Waals surface area contributed by atoms with Gasteiger partial charge in [-0.15, -0.1) is 0 Å². The van der Waals surface area contributed by atoms with Gasteiger partial charge in [0.05, 0.1) is 11.1 Å². The van der Waals surface area contributed by atoms with Crippen LogP contribution in [0.1, 0.15) is 12.5 Å². The van der Waals surface area contributed by atoms with Crippen molar-refractivity contribution in [2.75, 3.05) is 24.5 Å². The molecule has 1 aliphatic heterocycles. The zero-order valence-corrected chi connectivity index (χ0v) is 17.0. The first-order valence-corrected chi connectivity index (χ1v) is 9.74. The number of anilines is 1. The van der Waals surface area contributed by atoms with E-state index in [1.807, 2.05) is 24.5 Å². The first-order chi connectivity index (χ1) is 14.1. The van der Waals surface area contributed by atoms with Crippen LogP contribution in [-0.4, -0.2) is 51.5 Å². The predicted molar refractivity (Wildman–Crippen MR) is 114 cm³/mol. The Morgan fingerprint density at radius 2 is 2.24 bits per heavy atom. The lowest BCUT2D eigenvalue weighted by atomic mass is 10.1. The van der Waals surface area contributed by atoms with Gasteiger partial charge in [0.1, 0.15) is 17.8 Å². The minimum absolute atomic E-state index is 0.117. The summed E-state index contributed by atoms with van der Waals surface area (Å²) in [5.74, 6) is 1.45. The highest BCUT2D eigenvalue weighted by atomic mass is 35.5. The van der Waals surface area contributed by atoms with Gasteiger partial charge in [0.2, 0.25) is 5.96 Å². The van der Waals surface area contributed by atoms with Crippen molar-refractivity contribution >= 4 is 40.1 Å². The molecule has 1 saturated heterocycles. The molecule has 2 aromatic heterocycles. The SMILES string of the molecule is Cc1c[nH]c2ncnc(N3CCN(C(=Nc4cccc(Cl)c4)NC#N)[C@@H](C)C3)c12. The summed E-state index contributed by atoms with van der Waals surface area (Å²) in [6.45, 7) is 6.37. The Hall–Kier alpha value is -3.31. The summed E-state index contributed by atoms with van der Waals surface area (Å²) in [6.07, 6.45) is 5.54. The average Bonchev–Trinajstić information content (AvgIpc) is 3.09. The van der Waals surface area contributed by atoms with Crippen LogP contribution in [0, 0.1) is 18.4 Å². The number of piperazine rings is 1. The Bertz CT molecular complexity index is 1100. The van der Waals surface area contributed by atoms with Gasteiger partial charge in [0, 0.05) is 36.9 Å². The van der Waals surface area contributed by atoms with Crippen LogP contribution in [0.25, 0.3) is 11.0 Å². The molecule has 1 fully saturated rings. The van der Waals surface area contributed by atoms with E-state index in [1.165, 1.54) is 0 Å². The maximum Gasteiger partial charge on any atom is 0.212 e. The highest BCUT2D eigenvalue weighted by Crippen LogP contribution is 2.28. The highest BCUT2D eigenvalue weighted by molar-refractivity contribution is 6.30. The number of guanidine groups is 1. The number of aliphatic imine (C=N–C) groups is 1. The molecule has 0 radical (unpaired) electrons. The molecule has 0 bridgehead atoms. The van der Waals surface area contributed by atoms with Crippen molar-refractivity contribution in [3.05, 3.63) is 47.4 Å². The Kier molecular flexibility index (Phi) is 5.23. The van der Waals surface area contributed by atoms with E-state index >= 15 is 0 Å². The fourth-order valence-corrected chi connectivity index (χ4v) is 3.87. The molecule has 1 atom stereocenters. The molecule has 3 aromatic rings. The Morgan fingerprint density at radius 1 is 1.38 bits per heavy atom. The van der Waals surface area contributed by atoms with Gasteiger partial charge in [-0.1, -0.05) is 17.7 Å². The molecule has 2 N–H and O–H groups in total.